The highest BCUT2D eigenvalue weighted by atomic mass is 16.5. The Balaban J connectivity index is 2.12. The van der Waals surface area contributed by atoms with Crippen LogP contribution in [-0.2, 0) is 9.47 Å². The molecule has 2 fully saturated rings. The standard InChI is InChI=1S/C17H33NO2/c1-5-18-15(14-7-6-12-20-13-14)17(19-4)10-8-16(2,3)9-11-17/h14-15,18H,5-13H2,1-4H3. The zero-order valence-electron chi connectivity index (χ0n) is 13.8. The molecule has 0 bridgehead atoms. The summed E-state index contributed by atoms with van der Waals surface area (Å²) in [5, 5.41) is 3.74. The topological polar surface area (TPSA) is 30.5 Å². The smallest absolute Gasteiger partial charge is 0.0834 e. The minimum absolute atomic E-state index is 0.0108. The average Bonchev–Trinajstić information content (AvgIpc) is 2.47. The Labute approximate surface area is 124 Å². The highest BCUT2D eigenvalue weighted by Crippen LogP contribution is 2.45. The molecule has 1 heterocycles. The lowest BCUT2D eigenvalue weighted by Gasteiger charge is -2.50. The summed E-state index contributed by atoms with van der Waals surface area (Å²) in [6.07, 6.45) is 7.33. The first-order valence-electron chi connectivity index (χ1n) is 8.39. The first-order chi connectivity index (χ1) is 9.53. The lowest BCUT2D eigenvalue weighted by atomic mass is 9.66. The lowest BCUT2D eigenvalue weighted by Crippen LogP contribution is -2.59. The summed E-state index contributed by atoms with van der Waals surface area (Å²) in [7, 11) is 1.91. The number of hydrogen-bond acceptors (Lipinski definition) is 3. The Morgan fingerprint density at radius 3 is 2.45 bits per heavy atom. The van der Waals surface area contributed by atoms with Crippen molar-refractivity contribution in [2.45, 2.75) is 70.9 Å². The minimum Gasteiger partial charge on any atom is -0.381 e. The molecule has 1 aliphatic carbocycles. The molecule has 20 heavy (non-hydrogen) atoms. The molecule has 118 valence electrons. The van der Waals surface area contributed by atoms with E-state index >= 15 is 0 Å². The van der Waals surface area contributed by atoms with E-state index in [0.29, 0.717) is 17.4 Å². The fraction of sp³-hybridized carbons (Fsp3) is 1.00. The summed E-state index contributed by atoms with van der Waals surface area (Å²) < 4.78 is 11.9. The van der Waals surface area contributed by atoms with Crippen LogP contribution in [-0.4, -0.2) is 38.5 Å². The molecule has 0 radical (unpaired) electrons. The Morgan fingerprint density at radius 1 is 1.25 bits per heavy atom. The van der Waals surface area contributed by atoms with Crippen LogP contribution in [0.5, 0.6) is 0 Å². The summed E-state index contributed by atoms with van der Waals surface area (Å²) in [4.78, 5) is 0. The van der Waals surface area contributed by atoms with Gasteiger partial charge in [-0.3, -0.25) is 0 Å². The van der Waals surface area contributed by atoms with Gasteiger partial charge in [-0.15, -0.1) is 0 Å². The number of rotatable bonds is 5. The van der Waals surface area contributed by atoms with Crippen molar-refractivity contribution in [3.8, 4) is 0 Å². The van der Waals surface area contributed by atoms with Crippen LogP contribution in [0.15, 0.2) is 0 Å². The minimum atomic E-state index is 0.0108. The van der Waals surface area contributed by atoms with Gasteiger partial charge in [0.1, 0.15) is 0 Å². The van der Waals surface area contributed by atoms with E-state index in [0.717, 1.165) is 19.8 Å². The molecule has 0 aromatic rings. The second-order valence-electron chi connectivity index (χ2n) is 7.45. The highest BCUT2D eigenvalue weighted by molar-refractivity contribution is 5.01. The first-order valence-corrected chi connectivity index (χ1v) is 8.39. The quantitative estimate of drug-likeness (QED) is 0.839. The van der Waals surface area contributed by atoms with Crippen molar-refractivity contribution >= 4 is 0 Å². The van der Waals surface area contributed by atoms with E-state index < -0.39 is 0 Å². The van der Waals surface area contributed by atoms with Gasteiger partial charge in [0.05, 0.1) is 12.2 Å². The van der Waals surface area contributed by atoms with Gasteiger partial charge in [-0.05, 0) is 50.5 Å². The van der Waals surface area contributed by atoms with Crippen molar-refractivity contribution in [1.29, 1.82) is 0 Å². The molecule has 2 aliphatic rings. The third kappa shape index (κ3) is 3.55. The number of hydrogen-bond donors (Lipinski definition) is 1. The molecule has 0 aromatic carbocycles. The molecule has 3 nitrogen and oxygen atoms in total. The third-order valence-electron chi connectivity index (χ3n) is 5.51. The zero-order valence-corrected chi connectivity index (χ0v) is 13.8. The maximum atomic E-state index is 6.12. The van der Waals surface area contributed by atoms with Crippen LogP contribution >= 0.6 is 0 Å². The third-order valence-corrected chi connectivity index (χ3v) is 5.51. The fourth-order valence-electron chi connectivity index (χ4n) is 4.02. The van der Waals surface area contributed by atoms with Gasteiger partial charge in [-0.2, -0.15) is 0 Å². The van der Waals surface area contributed by atoms with Crippen LogP contribution in [0.1, 0.15) is 59.3 Å². The van der Waals surface area contributed by atoms with Gasteiger partial charge >= 0.3 is 0 Å². The molecule has 1 saturated carbocycles. The number of likely N-dealkylation sites (N-methyl/N-ethyl adjacent to an activating group) is 1. The largest absolute Gasteiger partial charge is 0.381 e. The van der Waals surface area contributed by atoms with Crippen LogP contribution in [0.4, 0.5) is 0 Å². The van der Waals surface area contributed by atoms with Crippen LogP contribution in [0, 0.1) is 11.3 Å². The molecule has 2 rings (SSSR count). The van der Waals surface area contributed by atoms with Crippen LogP contribution in [0.25, 0.3) is 0 Å². The summed E-state index contributed by atoms with van der Waals surface area (Å²) in [5.74, 6) is 0.602. The average molecular weight is 283 g/mol. The van der Waals surface area contributed by atoms with Crippen molar-refractivity contribution < 1.29 is 9.47 Å². The Kier molecular flexibility index (Phi) is 5.49. The van der Waals surface area contributed by atoms with E-state index in [1.807, 2.05) is 7.11 Å². The monoisotopic (exact) mass is 283 g/mol. The summed E-state index contributed by atoms with van der Waals surface area (Å²) in [5.41, 5.74) is 0.485. The van der Waals surface area contributed by atoms with Gasteiger partial charge in [0.15, 0.2) is 0 Å². The second-order valence-corrected chi connectivity index (χ2v) is 7.45. The molecule has 3 heteroatoms. The van der Waals surface area contributed by atoms with Gasteiger partial charge in [0, 0.05) is 25.7 Å². The molecule has 0 aromatic heterocycles. The molecule has 1 N–H and O–H groups in total. The van der Waals surface area contributed by atoms with Gasteiger partial charge in [0.2, 0.25) is 0 Å². The van der Waals surface area contributed by atoms with Crippen LogP contribution in [0.3, 0.4) is 0 Å². The van der Waals surface area contributed by atoms with Gasteiger partial charge in [-0.25, -0.2) is 0 Å². The molecule has 1 aliphatic heterocycles. The van der Waals surface area contributed by atoms with E-state index in [1.54, 1.807) is 0 Å². The molecule has 0 amide bonds. The Morgan fingerprint density at radius 2 is 1.95 bits per heavy atom. The van der Waals surface area contributed by atoms with Crippen molar-refractivity contribution in [3.63, 3.8) is 0 Å². The SMILES string of the molecule is CCNC(C1CCCOC1)C1(OC)CCC(C)(C)CC1. The summed E-state index contributed by atoms with van der Waals surface area (Å²) in [6.45, 7) is 9.81. The van der Waals surface area contributed by atoms with E-state index in [1.165, 1.54) is 38.5 Å². The lowest BCUT2D eigenvalue weighted by molar-refractivity contribution is -0.112. The van der Waals surface area contributed by atoms with Crippen molar-refractivity contribution in [1.82, 2.24) is 5.32 Å². The number of methoxy groups -OCH3 is 1. The molecule has 0 spiro atoms. The summed E-state index contributed by atoms with van der Waals surface area (Å²) >= 11 is 0. The molecule has 1 saturated heterocycles. The van der Waals surface area contributed by atoms with Gasteiger partial charge < -0.3 is 14.8 Å². The van der Waals surface area contributed by atoms with Crippen molar-refractivity contribution in [2.24, 2.45) is 11.3 Å². The molecule has 2 atom stereocenters. The highest BCUT2D eigenvalue weighted by Gasteiger charge is 2.47. The van der Waals surface area contributed by atoms with Crippen LogP contribution in [0.2, 0.25) is 0 Å². The predicted molar refractivity (Wildman–Crippen MR) is 83.0 cm³/mol. The van der Waals surface area contributed by atoms with E-state index in [-0.39, 0.29) is 5.60 Å². The normalized spacial score (nSPS) is 30.9. The van der Waals surface area contributed by atoms with E-state index in [2.05, 4.69) is 26.1 Å². The number of ether oxygens (including phenoxy) is 2. The molecular formula is C17H33NO2. The number of nitrogens with one attached hydrogen (secondary N) is 1. The maximum Gasteiger partial charge on any atom is 0.0834 e. The van der Waals surface area contributed by atoms with Crippen molar-refractivity contribution in [3.05, 3.63) is 0 Å². The summed E-state index contributed by atoms with van der Waals surface area (Å²) in [6, 6.07) is 0.439. The van der Waals surface area contributed by atoms with Crippen LogP contribution < -0.4 is 5.32 Å². The Bertz CT molecular complexity index is 287. The van der Waals surface area contributed by atoms with Gasteiger partial charge in [-0.1, -0.05) is 20.8 Å². The van der Waals surface area contributed by atoms with E-state index in [4.69, 9.17) is 9.47 Å². The maximum absolute atomic E-state index is 6.12. The van der Waals surface area contributed by atoms with E-state index in [9.17, 15) is 0 Å². The van der Waals surface area contributed by atoms with Crippen molar-refractivity contribution in [2.75, 3.05) is 26.9 Å². The fourth-order valence-corrected chi connectivity index (χ4v) is 4.02. The zero-order chi connectivity index (χ0) is 14.6. The second kappa shape index (κ2) is 6.76. The molecular weight excluding hydrogens is 250 g/mol. The first kappa shape index (κ1) is 16.3. The molecule has 2 unspecified atom stereocenters. The van der Waals surface area contributed by atoms with Gasteiger partial charge in [0.25, 0.3) is 0 Å². The Hall–Kier alpha value is -0.120. The predicted octanol–water partition coefficient (Wildman–Crippen LogP) is 3.38.